The number of pyridine rings is 1. The van der Waals surface area contributed by atoms with Crippen molar-refractivity contribution in [1.29, 1.82) is 0 Å². The Morgan fingerprint density at radius 2 is 2.00 bits per heavy atom. The minimum Gasteiger partial charge on any atom is -0.350 e. The molecule has 6 nitrogen and oxygen atoms in total. The fourth-order valence-corrected chi connectivity index (χ4v) is 3.49. The zero-order chi connectivity index (χ0) is 19.9. The van der Waals surface area contributed by atoms with Gasteiger partial charge in [-0.25, -0.2) is 9.97 Å². The molecule has 3 rings (SSSR count). The van der Waals surface area contributed by atoms with Crippen molar-refractivity contribution in [2.45, 2.75) is 19.9 Å². The summed E-state index contributed by atoms with van der Waals surface area (Å²) in [6.07, 6.45) is 6.74. The first kappa shape index (κ1) is 20.0. The maximum atomic E-state index is 12.8. The Bertz CT molecular complexity index is 909. The Hall–Kier alpha value is -2.70. The summed E-state index contributed by atoms with van der Waals surface area (Å²) in [7, 11) is 0. The molecule has 0 aliphatic heterocycles. The van der Waals surface area contributed by atoms with Crippen LogP contribution < -0.4 is 5.32 Å². The summed E-state index contributed by atoms with van der Waals surface area (Å²) in [5.74, 6) is 0.504. The van der Waals surface area contributed by atoms with Crippen LogP contribution in [0.25, 0.3) is 5.82 Å². The van der Waals surface area contributed by atoms with Crippen molar-refractivity contribution in [2.24, 2.45) is 0 Å². The number of benzene rings is 1. The third kappa shape index (κ3) is 4.58. The van der Waals surface area contributed by atoms with Gasteiger partial charge in [-0.15, -0.1) is 0 Å². The molecule has 1 amide bonds. The number of likely N-dealkylation sites (N-methyl/N-ethyl adjacent to an activating group) is 1. The number of hydrogen-bond acceptors (Lipinski definition) is 4. The van der Waals surface area contributed by atoms with Gasteiger partial charge in [-0.2, -0.15) is 0 Å². The highest BCUT2D eigenvalue weighted by Crippen LogP contribution is 2.27. The second-order valence-corrected chi connectivity index (χ2v) is 6.75. The van der Waals surface area contributed by atoms with Crippen molar-refractivity contribution in [3.8, 4) is 5.82 Å². The smallest absolute Gasteiger partial charge is 0.251 e. The van der Waals surface area contributed by atoms with Crippen LogP contribution >= 0.6 is 11.6 Å². The second-order valence-electron chi connectivity index (χ2n) is 6.34. The Morgan fingerprint density at radius 3 is 2.68 bits per heavy atom. The van der Waals surface area contributed by atoms with Crippen LogP contribution in [0.3, 0.4) is 0 Å². The topological polar surface area (TPSA) is 63.1 Å². The quantitative estimate of drug-likeness (QED) is 0.629. The number of rotatable bonds is 8. The Morgan fingerprint density at radius 1 is 1.21 bits per heavy atom. The van der Waals surface area contributed by atoms with Gasteiger partial charge in [0.1, 0.15) is 12.1 Å². The van der Waals surface area contributed by atoms with E-state index in [-0.39, 0.29) is 11.9 Å². The number of imidazole rings is 1. The summed E-state index contributed by atoms with van der Waals surface area (Å²) in [5, 5.41) is 3.76. The summed E-state index contributed by atoms with van der Waals surface area (Å²) in [6.45, 7) is 6.41. The molecule has 1 aromatic carbocycles. The van der Waals surface area contributed by atoms with Crippen LogP contribution in [0.1, 0.15) is 35.8 Å². The molecule has 0 aliphatic carbocycles. The van der Waals surface area contributed by atoms with Crippen molar-refractivity contribution in [3.05, 3.63) is 77.5 Å². The highest BCUT2D eigenvalue weighted by molar-refractivity contribution is 6.31. The van der Waals surface area contributed by atoms with Gasteiger partial charge in [-0.05, 0) is 36.9 Å². The van der Waals surface area contributed by atoms with Crippen LogP contribution in [0.2, 0.25) is 5.02 Å². The first-order chi connectivity index (χ1) is 13.6. The highest BCUT2D eigenvalue weighted by Gasteiger charge is 2.21. The molecule has 2 aromatic heterocycles. The van der Waals surface area contributed by atoms with Crippen molar-refractivity contribution >= 4 is 17.5 Å². The first-order valence-electron chi connectivity index (χ1n) is 9.35. The van der Waals surface area contributed by atoms with E-state index in [2.05, 4.69) is 34.0 Å². The van der Waals surface area contributed by atoms with Gasteiger partial charge in [0.2, 0.25) is 0 Å². The standard InChI is InChI=1S/C21H24ClN5O/c1-3-26(4-2)19(17-7-5-6-8-18(17)22)14-25-21(28)16-9-10-24-20(13-16)27-12-11-23-15-27/h5-13,15,19H,3-4,14H2,1-2H3,(H,25,28). The molecule has 7 heteroatoms. The van der Waals surface area contributed by atoms with E-state index in [9.17, 15) is 4.79 Å². The van der Waals surface area contributed by atoms with Crippen LogP contribution in [-0.4, -0.2) is 45.0 Å². The van der Waals surface area contributed by atoms with Gasteiger partial charge >= 0.3 is 0 Å². The maximum Gasteiger partial charge on any atom is 0.251 e. The SMILES string of the molecule is CCN(CC)C(CNC(=O)c1ccnc(-n2ccnc2)c1)c1ccccc1Cl. The number of hydrogen-bond donors (Lipinski definition) is 1. The minimum atomic E-state index is -0.145. The predicted octanol–water partition coefficient (Wildman–Crippen LogP) is 3.73. The fourth-order valence-electron chi connectivity index (χ4n) is 3.23. The molecule has 0 spiro atoms. The lowest BCUT2D eigenvalue weighted by Crippen LogP contribution is -2.38. The van der Waals surface area contributed by atoms with E-state index in [4.69, 9.17) is 11.6 Å². The Kier molecular flexibility index (Phi) is 6.79. The molecule has 28 heavy (non-hydrogen) atoms. The summed E-state index contributed by atoms with van der Waals surface area (Å²) >= 11 is 6.43. The maximum absolute atomic E-state index is 12.8. The zero-order valence-corrected chi connectivity index (χ0v) is 16.8. The van der Waals surface area contributed by atoms with E-state index in [1.54, 1.807) is 41.6 Å². The third-order valence-corrected chi connectivity index (χ3v) is 5.09. The average Bonchev–Trinajstić information content (AvgIpc) is 3.27. The molecule has 0 saturated heterocycles. The molecule has 146 valence electrons. The third-order valence-electron chi connectivity index (χ3n) is 4.75. The monoisotopic (exact) mass is 397 g/mol. The molecule has 3 aromatic rings. The predicted molar refractivity (Wildman–Crippen MR) is 111 cm³/mol. The number of carbonyl (C=O) groups excluding carboxylic acids is 1. The molecular formula is C21H24ClN5O. The second kappa shape index (κ2) is 9.48. The molecule has 1 N–H and O–H groups in total. The van der Waals surface area contributed by atoms with Gasteiger partial charge in [0.15, 0.2) is 0 Å². The Balaban J connectivity index is 1.77. The lowest BCUT2D eigenvalue weighted by molar-refractivity contribution is 0.0935. The zero-order valence-electron chi connectivity index (χ0n) is 16.0. The lowest BCUT2D eigenvalue weighted by atomic mass is 10.0. The van der Waals surface area contributed by atoms with Crippen LogP contribution in [0.4, 0.5) is 0 Å². The first-order valence-corrected chi connectivity index (χ1v) is 9.72. The van der Waals surface area contributed by atoms with Crippen LogP contribution in [0, 0.1) is 0 Å². The van der Waals surface area contributed by atoms with E-state index in [1.807, 2.05) is 24.3 Å². The van der Waals surface area contributed by atoms with Gasteiger partial charge in [-0.3, -0.25) is 14.3 Å². The number of amides is 1. The molecule has 0 bridgehead atoms. The molecule has 0 saturated carbocycles. The van der Waals surface area contributed by atoms with Crippen molar-refractivity contribution < 1.29 is 4.79 Å². The van der Waals surface area contributed by atoms with E-state index >= 15 is 0 Å². The number of nitrogens with zero attached hydrogens (tertiary/aromatic N) is 4. The van der Waals surface area contributed by atoms with Crippen LogP contribution in [0.15, 0.2) is 61.3 Å². The molecular weight excluding hydrogens is 374 g/mol. The van der Waals surface area contributed by atoms with Crippen molar-refractivity contribution in [3.63, 3.8) is 0 Å². The van der Waals surface area contributed by atoms with Crippen LogP contribution in [0.5, 0.6) is 0 Å². The molecule has 0 aliphatic rings. The number of nitrogens with one attached hydrogen (secondary N) is 1. The van der Waals surface area contributed by atoms with E-state index in [0.29, 0.717) is 22.9 Å². The summed E-state index contributed by atoms with van der Waals surface area (Å²) in [4.78, 5) is 23.4. The van der Waals surface area contributed by atoms with E-state index in [0.717, 1.165) is 18.7 Å². The van der Waals surface area contributed by atoms with Gasteiger partial charge in [-0.1, -0.05) is 43.6 Å². The summed E-state index contributed by atoms with van der Waals surface area (Å²) in [5.41, 5.74) is 1.57. The number of carbonyl (C=O) groups is 1. The molecule has 2 heterocycles. The largest absolute Gasteiger partial charge is 0.350 e. The molecule has 1 atom stereocenters. The van der Waals surface area contributed by atoms with Gasteiger partial charge in [0.05, 0.1) is 6.04 Å². The summed E-state index contributed by atoms with van der Waals surface area (Å²) < 4.78 is 1.76. The average molecular weight is 398 g/mol. The van der Waals surface area contributed by atoms with Crippen molar-refractivity contribution in [2.75, 3.05) is 19.6 Å². The molecule has 1 unspecified atom stereocenters. The van der Waals surface area contributed by atoms with Crippen molar-refractivity contribution in [1.82, 2.24) is 24.8 Å². The van der Waals surface area contributed by atoms with E-state index in [1.165, 1.54) is 0 Å². The van der Waals surface area contributed by atoms with E-state index < -0.39 is 0 Å². The van der Waals surface area contributed by atoms with Gasteiger partial charge in [0.25, 0.3) is 5.91 Å². The van der Waals surface area contributed by atoms with Crippen LogP contribution in [-0.2, 0) is 0 Å². The molecule has 0 radical (unpaired) electrons. The number of halogens is 1. The minimum absolute atomic E-state index is 0.00241. The van der Waals surface area contributed by atoms with Gasteiger partial charge < -0.3 is 5.32 Å². The lowest BCUT2D eigenvalue weighted by Gasteiger charge is -2.31. The molecule has 0 fully saturated rings. The normalized spacial score (nSPS) is 12.1. The number of aromatic nitrogens is 3. The summed E-state index contributed by atoms with van der Waals surface area (Å²) in [6, 6.07) is 11.2. The Labute approximate surface area is 170 Å². The van der Waals surface area contributed by atoms with Gasteiger partial charge in [0, 0.05) is 35.7 Å². The highest BCUT2D eigenvalue weighted by atomic mass is 35.5. The fraction of sp³-hybridized carbons (Fsp3) is 0.286.